The number of fused-ring (bicyclic) bond motifs is 4. The third kappa shape index (κ3) is 1.38. The first kappa shape index (κ1) is 11.8. The van der Waals surface area contributed by atoms with E-state index < -0.39 is 0 Å². The first-order valence-corrected chi connectivity index (χ1v) is 8.59. The molecule has 0 spiro atoms. The molecule has 4 fully saturated rings. The maximum absolute atomic E-state index is 2.67. The van der Waals surface area contributed by atoms with Gasteiger partial charge in [0.2, 0.25) is 0 Å². The van der Waals surface area contributed by atoms with Gasteiger partial charge in [-0.15, -0.1) is 0 Å². The zero-order chi connectivity index (χ0) is 12.5. The molecule has 4 rings (SSSR count). The van der Waals surface area contributed by atoms with E-state index >= 15 is 0 Å². The second kappa shape index (κ2) is 3.76. The van der Waals surface area contributed by atoms with Gasteiger partial charge in [-0.1, -0.05) is 20.8 Å². The summed E-state index contributed by atoms with van der Waals surface area (Å²) in [6, 6.07) is 0. The Balaban J connectivity index is 1.54. The van der Waals surface area contributed by atoms with Crippen molar-refractivity contribution < 1.29 is 0 Å². The molecule has 4 aliphatic carbocycles. The minimum Gasteiger partial charge on any atom is -0.0620 e. The molecule has 0 heterocycles. The van der Waals surface area contributed by atoms with Crippen LogP contribution in [0.3, 0.4) is 0 Å². The van der Waals surface area contributed by atoms with Crippen molar-refractivity contribution in [3.63, 3.8) is 0 Å². The second-order valence-corrected chi connectivity index (χ2v) is 8.62. The average molecular weight is 246 g/mol. The lowest BCUT2D eigenvalue weighted by atomic mass is 9.61. The van der Waals surface area contributed by atoms with Gasteiger partial charge in [-0.3, -0.25) is 0 Å². The van der Waals surface area contributed by atoms with Crippen molar-refractivity contribution in [3.8, 4) is 0 Å². The van der Waals surface area contributed by atoms with E-state index in [1.54, 1.807) is 44.9 Å². The Labute approximate surface area is 113 Å². The Morgan fingerprint density at radius 2 is 1.61 bits per heavy atom. The first-order chi connectivity index (χ1) is 8.59. The fourth-order valence-electron chi connectivity index (χ4n) is 6.89. The zero-order valence-corrected chi connectivity index (χ0v) is 12.5. The van der Waals surface area contributed by atoms with Crippen LogP contribution in [0.15, 0.2) is 0 Å². The Morgan fingerprint density at radius 1 is 0.889 bits per heavy atom. The van der Waals surface area contributed by atoms with Crippen molar-refractivity contribution in [2.24, 2.45) is 46.8 Å². The van der Waals surface area contributed by atoms with Gasteiger partial charge in [-0.2, -0.15) is 0 Å². The minimum absolute atomic E-state index is 0.715. The van der Waals surface area contributed by atoms with Crippen LogP contribution in [-0.4, -0.2) is 0 Å². The predicted octanol–water partition coefficient (Wildman–Crippen LogP) is 5.13. The molecule has 8 atom stereocenters. The van der Waals surface area contributed by atoms with E-state index in [2.05, 4.69) is 20.8 Å². The molecular formula is C18H30. The van der Waals surface area contributed by atoms with Crippen molar-refractivity contribution >= 4 is 0 Å². The summed E-state index contributed by atoms with van der Waals surface area (Å²) in [5.74, 6) is 7.56. The Bertz CT molecular complexity index is 340. The summed E-state index contributed by atoms with van der Waals surface area (Å²) < 4.78 is 0. The number of hydrogen-bond acceptors (Lipinski definition) is 0. The molecule has 4 aliphatic rings. The summed E-state index contributed by atoms with van der Waals surface area (Å²) in [7, 11) is 0. The van der Waals surface area contributed by atoms with Gasteiger partial charge in [0.25, 0.3) is 0 Å². The third-order valence-electron chi connectivity index (χ3n) is 8.37. The average Bonchev–Trinajstić information content (AvgIpc) is 3.07. The van der Waals surface area contributed by atoms with Gasteiger partial charge < -0.3 is 0 Å². The number of hydrogen-bond donors (Lipinski definition) is 0. The van der Waals surface area contributed by atoms with Crippen LogP contribution in [-0.2, 0) is 0 Å². The van der Waals surface area contributed by atoms with Crippen LogP contribution in [0.2, 0.25) is 0 Å². The summed E-state index contributed by atoms with van der Waals surface area (Å²) in [4.78, 5) is 0. The molecule has 0 aromatic rings. The lowest BCUT2D eigenvalue weighted by Crippen LogP contribution is -2.36. The highest BCUT2D eigenvalue weighted by Gasteiger charge is 2.56. The maximum atomic E-state index is 2.67. The van der Waals surface area contributed by atoms with E-state index in [1.807, 2.05) is 0 Å². The highest BCUT2D eigenvalue weighted by molar-refractivity contribution is 5.05. The molecule has 102 valence electrons. The van der Waals surface area contributed by atoms with Gasteiger partial charge in [0.05, 0.1) is 0 Å². The van der Waals surface area contributed by atoms with Crippen LogP contribution in [0.4, 0.5) is 0 Å². The van der Waals surface area contributed by atoms with E-state index in [1.165, 1.54) is 0 Å². The second-order valence-electron chi connectivity index (χ2n) is 8.62. The SMILES string of the molecule is CC1C2CCC(C2)C1CC1(C)C2CCC(C2)C1C. The van der Waals surface area contributed by atoms with Gasteiger partial charge in [0, 0.05) is 0 Å². The molecule has 0 amide bonds. The molecule has 0 aromatic carbocycles. The predicted molar refractivity (Wildman–Crippen MR) is 76.2 cm³/mol. The summed E-state index contributed by atoms with van der Waals surface area (Å²) in [6.07, 6.45) is 11.0. The van der Waals surface area contributed by atoms with Crippen LogP contribution in [0, 0.1) is 46.8 Å². The molecule has 0 heteroatoms. The minimum atomic E-state index is 0.715. The Hall–Kier alpha value is 0. The molecule has 0 aliphatic heterocycles. The molecule has 4 bridgehead atoms. The molecule has 0 saturated heterocycles. The van der Waals surface area contributed by atoms with Gasteiger partial charge in [0.15, 0.2) is 0 Å². The molecular weight excluding hydrogens is 216 g/mol. The van der Waals surface area contributed by atoms with Gasteiger partial charge in [0.1, 0.15) is 0 Å². The van der Waals surface area contributed by atoms with Gasteiger partial charge >= 0.3 is 0 Å². The lowest BCUT2D eigenvalue weighted by Gasteiger charge is -2.44. The lowest BCUT2D eigenvalue weighted by molar-refractivity contribution is 0.0499. The monoisotopic (exact) mass is 246 g/mol. The van der Waals surface area contributed by atoms with Gasteiger partial charge in [-0.05, 0) is 91.8 Å². The normalized spacial score (nSPS) is 61.8. The summed E-state index contributed by atoms with van der Waals surface area (Å²) in [6.45, 7) is 7.83. The molecule has 0 nitrogen and oxygen atoms in total. The smallest absolute Gasteiger partial charge is 0.0266 e. The molecule has 0 N–H and O–H groups in total. The van der Waals surface area contributed by atoms with E-state index in [0.29, 0.717) is 5.41 Å². The van der Waals surface area contributed by atoms with Gasteiger partial charge in [-0.25, -0.2) is 0 Å². The zero-order valence-electron chi connectivity index (χ0n) is 12.5. The third-order valence-corrected chi connectivity index (χ3v) is 8.37. The Kier molecular flexibility index (Phi) is 2.47. The van der Waals surface area contributed by atoms with Crippen LogP contribution >= 0.6 is 0 Å². The largest absolute Gasteiger partial charge is 0.0620 e. The maximum Gasteiger partial charge on any atom is -0.0266 e. The van der Waals surface area contributed by atoms with E-state index in [0.717, 1.165) is 41.4 Å². The van der Waals surface area contributed by atoms with Crippen molar-refractivity contribution in [2.45, 2.75) is 65.7 Å². The van der Waals surface area contributed by atoms with E-state index in [-0.39, 0.29) is 0 Å². The highest BCUT2D eigenvalue weighted by Crippen LogP contribution is 2.65. The van der Waals surface area contributed by atoms with Crippen molar-refractivity contribution in [2.75, 3.05) is 0 Å². The fourth-order valence-corrected chi connectivity index (χ4v) is 6.89. The molecule has 18 heavy (non-hydrogen) atoms. The fraction of sp³-hybridized carbons (Fsp3) is 1.00. The summed E-state index contributed by atoms with van der Waals surface area (Å²) in [5, 5.41) is 0. The van der Waals surface area contributed by atoms with Crippen LogP contribution in [0.5, 0.6) is 0 Å². The van der Waals surface area contributed by atoms with Crippen molar-refractivity contribution in [1.29, 1.82) is 0 Å². The molecule has 4 saturated carbocycles. The highest BCUT2D eigenvalue weighted by atomic mass is 14.6. The quantitative estimate of drug-likeness (QED) is 0.633. The van der Waals surface area contributed by atoms with Crippen molar-refractivity contribution in [3.05, 3.63) is 0 Å². The van der Waals surface area contributed by atoms with Crippen molar-refractivity contribution in [1.82, 2.24) is 0 Å². The van der Waals surface area contributed by atoms with Crippen LogP contribution in [0.1, 0.15) is 65.7 Å². The standard InChI is InChI=1S/C18H30/c1-11-13-4-5-15(8-13)17(11)10-18(3)12(2)14-6-7-16(18)9-14/h11-17H,4-10H2,1-3H3. The van der Waals surface area contributed by atoms with E-state index in [9.17, 15) is 0 Å². The summed E-state index contributed by atoms with van der Waals surface area (Å²) >= 11 is 0. The summed E-state index contributed by atoms with van der Waals surface area (Å²) in [5.41, 5.74) is 0.715. The Morgan fingerprint density at radius 3 is 2.22 bits per heavy atom. The van der Waals surface area contributed by atoms with Crippen LogP contribution in [0.25, 0.3) is 0 Å². The topological polar surface area (TPSA) is 0 Å². The molecule has 8 unspecified atom stereocenters. The number of rotatable bonds is 2. The molecule has 0 radical (unpaired) electrons. The van der Waals surface area contributed by atoms with Crippen LogP contribution < -0.4 is 0 Å². The van der Waals surface area contributed by atoms with E-state index in [4.69, 9.17) is 0 Å². The first-order valence-electron chi connectivity index (χ1n) is 8.59. The molecule has 0 aromatic heterocycles.